The largest absolute Gasteiger partial charge is 0.467 e. The van der Waals surface area contributed by atoms with Gasteiger partial charge in [-0.3, -0.25) is 14.0 Å². The maximum atomic E-state index is 12.9. The standard InChI is InChI=1S/C25H27N3O4S/c1-3-31-24(30)11-10-23(29)27(15-21-5-4-14-32-21)13-12-20-17-33-25-26-22(16-28(20)25)19-8-6-18(2)7-9-19/h4-9,14,16-17H,3,10-13,15H2,1-2H3. The van der Waals surface area contributed by atoms with Crippen molar-refractivity contribution in [1.82, 2.24) is 14.3 Å². The molecule has 1 amide bonds. The van der Waals surface area contributed by atoms with Gasteiger partial charge in [0.25, 0.3) is 0 Å². The van der Waals surface area contributed by atoms with Crippen LogP contribution in [0.2, 0.25) is 0 Å². The molecule has 0 aliphatic carbocycles. The van der Waals surface area contributed by atoms with Crippen molar-refractivity contribution in [1.29, 1.82) is 0 Å². The number of carbonyl (C=O) groups is 2. The van der Waals surface area contributed by atoms with Crippen LogP contribution in [0.15, 0.2) is 58.7 Å². The molecule has 0 aliphatic heterocycles. The molecule has 0 radical (unpaired) electrons. The first-order valence-electron chi connectivity index (χ1n) is 11.0. The molecule has 0 aliphatic rings. The second-order valence-electron chi connectivity index (χ2n) is 7.82. The monoisotopic (exact) mass is 465 g/mol. The van der Waals surface area contributed by atoms with E-state index >= 15 is 0 Å². The number of thiazole rings is 1. The van der Waals surface area contributed by atoms with Crippen LogP contribution in [0.1, 0.15) is 36.8 Å². The second kappa shape index (κ2) is 10.5. The van der Waals surface area contributed by atoms with Crippen LogP contribution < -0.4 is 0 Å². The fourth-order valence-corrected chi connectivity index (χ4v) is 4.51. The van der Waals surface area contributed by atoms with Gasteiger partial charge in [-0.15, -0.1) is 11.3 Å². The summed E-state index contributed by atoms with van der Waals surface area (Å²) in [5.41, 5.74) is 4.31. The maximum absolute atomic E-state index is 12.9. The lowest BCUT2D eigenvalue weighted by Crippen LogP contribution is -2.32. The van der Waals surface area contributed by atoms with Crippen molar-refractivity contribution in [3.63, 3.8) is 0 Å². The van der Waals surface area contributed by atoms with Crippen molar-refractivity contribution in [3.05, 3.63) is 71.3 Å². The van der Waals surface area contributed by atoms with E-state index < -0.39 is 0 Å². The Balaban J connectivity index is 1.46. The first-order chi connectivity index (χ1) is 16.0. The Hall–Kier alpha value is -3.39. The molecule has 0 unspecified atom stereocenters. The molecule has 0 N–H and O–H groups in total. The zero-order valence-corrected chi connectivity index (χ0v) is 19.6. The summed E-state index contributed by atoms with van der Waals surface area (Å²) in [6, 6.07) is 12.0. The van der Waals surface area contributed by atoms with Crippen molar-refractivity contribution in [2.45, 2.75) is 39.7 Å². The van der Waals surface area contributed by atoms with Crippen molar-refractivity contribution in [2.75, 3.05) is 13.2 Å². The van der Waals surface area contributed by atoms with Crippen LogP contribution in [0.5, 0.6) is 0 Å². The smallest absolute Gasteiger partial charge is 0.306 e. The highest BCUT2D eigenvalue weighted by Gasteiger charge is 2.18. The number of imidazole rings is 1. The zero-order valence-electron chi connectivity index (χ0n) is 18.8. The average molecular weight is 466 g/mol. The molecule has 8 heteroatoms. The Kier molecular flexibility index (Phi) is 7.24. The topological polar surface area (TPSA) is 77.1 Å². The zero-order chi connectivity index (χ0) is 23.2. The summed E-state index contributed by atoms with van der Waals surface area (Å²) in [6.07, 6.45) is 4.49. The van der Waals surface area contributed by atoms with E-state index in [0.717, 1.165) is 21.9 Å². The van der Waals surface area contributed by atoms with Crippen LogP contribution in [-0.4, -0.2) is 39.3 Å². The number of amides is 1. The summed E-state index contributed by atoms with van der Waals surface area (Å²) >= 11 is 1.59. The van der Waals surface area contributed by atoms with Crippen LogP contribution in [-0.2, 0) is 27.3 Å². The van der Waals surface area contributed by atoms with Gasteiger partial charge in [-0.25, -0.2) is 4.98 Å². The van der Waals surface area contributed by atoms with Crippen molar-refractivity contribution >= 4 is 28.2 Å². The van der Waals surface area contributed by atoms with Gasteiger partial charge < -0.3 is 14.1 Å². The van der Waals surface area contributed by atoms with Crippen LogP contribution >= 0.6 is 11.3 Å². The van der Waals surface area contributed by atoms with Crippen LogP contribution in [0.3, 0.4) is 0 Å². The van der Waals surface area contributed by atoms with Gasteiger partial charge in [0, 0.05) is 42.2 Å². The van der Waals surface area contributed by atoms with Crippen molar-refractivity contribution < 1.29 is 18.7 Å². The van der Waals surface area contributed by atoms with Gasteiger partial charge in [-0.2, -0.15) is 0 Å². The summed E-state index contributed by atoms with van der Waals surface area (Å²) in [4.78, 5) is 32.0. The van der Waals surface area contributed by atoms with Gasteiger partial charge in [-0.1, -0.05) is 29.8 Å². The molecule has 7 nitrogen and oxygen atoms in total. The van der Waals surface area contributed by atoms with Gasteiger partial charge in [0.2, 0.25) is 5.91 Å². The van der Waals surface area contributed by atoms with E-state index in [1.54, 1.807) is 35.5 Å². The Morgan fingerprint density at radius 2 is 2.00 bits per heavy atom. The number of ether oxygens (including phenoxy) is 1. The highest BCUT2D eigenvalue weighted by Crippen LogP contribution is 2.24. The number of esters is 1. The number of hydrogen-bond acceptors (Lipinski definition) is 6. The molecule has 0 spiro atoms. The van der Waals surface area contributed by atoms with E-state index in [2.05, 4.69) is 41.0 Å². The van der Waals surface area contributed by atoms with E-state index in [9.17, 15) is 9.59 Å². The van der Waals surface area contributed by atoms with Gasteiger partial charge in [0.1, 0.15) is 5.76 Å². The number of rotatable bonds is 10. The van der Waals surface area contributed by atoms with Gasteiger partial charge >= 0.3 is 5.97 Å². The molecule has 0 saturated carbocycles. The van der Waals surface area contributed by atoms with Crippen LogP contribution in [0.25, 0.3) is 16.2 Å². The van der Waals surface area contributed by atoms with Gasteiger partial charge in [-0.05, 0) is 26.0 Å². The van der Waals surface area contributed by atoms with Crippen molar-refractivity contribution in [2.24, 2.45) is 0 Å². The molecule has 4 aromatic rings. The summed E-state index contributed by atoms with van der Waals surface area (Å²) < 4.78 is 12.5. The first kappa shape index (κ1) is 22.8. The minimum Gasteiger partial charge on any atom is -0.467 e. The Morgan fingerprint density at radius 3 is 2.73 bits per heavy atom. The lowest BCUT2D eigenvalue weighted by molar-refractivity contribution is -0.145. The number of aromatic nitrogens is 2. The highest BCUT2D eigenvalue weighted by molar-refractivity contribution is 7.15. The third-order valence-electron chi connectivity index (χ3n) is 5.40. The SMILES string of the molecule is CCOC(=O)CCC(=O)N(CCc1csc2nc(-c3ccc(C)cc3)cn12)Cc1ccco1. The number of hydrogen-bond donors (Lipinski definition) is 0. The molecule has 4 rings (SSSR count). The molecule has 0 bridgehead atoms. The van der Waals surface area contributed by atoms with Gasteiger partial charge in [0.05, 0.1) is 31.5 Å². The minimum absolute atomic E-state index is 0.0749. The van der Waals surface area contributed by atoms with E-state index in [4.69, 9.17) is 14.1 Å². The number of fused-ring (bicyclic) bond motifs is 1. The van der Waals surface area contributed by atoms with Crippen molar-refractivity contribution in [3.8, 4) is 11.3 Å². The van der Waals surface area contributed by atoms with Gasteiger partial charge in [0.15, 0.2) is 4.96 Å². The van der Waals surface area contributed by atoms with E-state index in [0.29, 0.717) is 31.9 Å². The third kappa shape index (κ3) is 5.70. The van der Waals surface area contributed by atoms with E-state index in [1.807, 2.05) is 12.3 Å². The van der Waals surface area contributed by atoms with Crippen LogP contribution in [0, 0.1) is 6.92 Å². The quantitative estimate of drug-likeness (QED) is 0.312. The molecule has 172 valence electrons. The fourth-order valence-electron chi connectivity index (χ4n) is 3.60. The predicted octanol–water partition coefficient (Wildman–Crippen LogP) is 4.88. The van der Waals surface area contributed by atoms with E-state index in [-0.39, 0.29) is 24.7 Å². The Labute approximate surface area is 196 Å². The Bertz CT molecular complexity index is 1210. The van der Waals surface area contributed by atoms with Crippen LogP contribution in [0.4, 0.5) is 0 Å². The fraction of sp³-hybridized carbons (Fsp3) is 0.320. The number of furan rings is 1. The molecule has 3 heterocycles. The second-order valence-corrected chi connectivity index (χ2v) is 8.66. The normalized spacial score (nSPS) is 11.1. The van der Waals surface area contributed by atoms with E-state index in [1.165, 1.54) is 5.56 Å². The molecule has 0 fully saturated rings. The number of nitrogens with zero attached hydrogens (tertiary/aromatic N) is 3. The summed E-state index contributed by atoms with van der Waals surface area (Å²) in [7, 11) is 0. The summed E-state index contributed by atoms with van der Waals surface area (Å²) in [5.74, 6) is 0.251. The summed E-state index contributed by atoms with van der Waals surface area (Å²) in [5, 5.41) is 2.08. The molecule has 33 heavy (non-hydrogen) atoms. The Morgan fingerprint density at radius 1 is 1.18 bits per heavy atom. The third-order valence-corrected chi connectivity index (χ3v) is 6.29. The highest BCUT2D eigenvalue weighted by atomic mass is 32.1. The molecule has 3 aromatic heterocycles. The minimum atomic E-state index is -0.356. The average Bonchev–Trinajstić information content (AvgIpc) is 3.54. The number of benzene rings is 1. The lowest BCUT2D eigenvalue weighted by Gasteiger charge is -2.21. The summed E-state index contributed by atoms with van der Waals surface area (Å²) in [6.45, 7) is 5.00. The first-order valence-corrected chi connectivity index (χ1v) is 11.9. The molecule has 1 aromatic carbocycles. The number of aryl methyl sites for hydroxylation is 1. The molecule has 0 atom stereocenters. The molecular weight excluding hydrogens is 438 g/mol. The number of carbonyl (C=O) groups excluding carboxylic acids is 2. The predicted molar refractivity (Wildman–Crippen MR) is 127 cm³/mol. The molecule has 0 saturated heterocycles. The lowest BCUT2D eigenvalue weighted by atomic mass is 10.1. The molecular formula is C25H27N3O4S. The maximum Gasteiger partial charge on any atom is 0.306 e.